The molecule has 0 unspecified atom stereocenters. The highest BCUT2D eigenvalue weighted by Gasteiger charge is 2.01. The molecule has 0 atom stereocenters. The molecule has 20 heavy (non-hydrogen) atoms. The van der Waals surface area contributed by atoms with Gasteiger partial charge in [-0.15, -0.1) is 24.2 Å². The first-order valence-corrected chi connectivity index (χ1v) is 7.41. The lowest BCUT2D eigenvalue weighted by Gasteiger charge is -1.98. The molecular weight excluding hydrogens is 311 g/mol. The molecule has 0 spiro atoms. The fraction of sp³-hybridized carbons (Fsp3) is 0.0625. The van der Waals surface area contributed by atoms with Gasteiger partial charge in [0.25, 0.3) is 0 Å². The Morgan fingerprint density at radius 3 is 2.20 bits per heavy atom. The zero-order valence-electron chi connectivity index (χ0n) is 10.9. The SMILES string of the molecule is CSc1ccc(C(=O)C=Cc2ccc(Cl)cc2)cc1.Cl. The second-order valence-electron chi connectivity index (χ2n) is 3.98. The molecule has 104 valence electrons. The lowest BCUT2D eigenvalue weighted by molar-refractivity contribution is 0.104. The summed E-state index contributed by atoms with van der Waals surface area (Å²) in [6, 6.07) is 15.0. The molecule has 0 fully saturated rings. The summed E-state index contributed by atoms with van der Waals surface area (Å²) in [4.78, 5) is 13.1. The molecule has 0 bridgehead atoms. The van der Waals surface area contributed by atoms with Crippen LogP contribution in [0, 0.1) is 0 Å². The summed E-state index contributed by atoms with van der Waals surface area (Å²) in [5.41, 5.74) is 1.65. The van der Waals surface area contributed by atoms with E-state index >= 15 is 0 Å². The number of benzene rings is 2. The molecule has 0 saturated carbocycles. The number of hydrogen-bond donors (Lipinski definition) is 0. The Morgan fingerprint density at radius 2 is 1.65 bits per heavy atom. The Hall–Kier alpha value is -1.22. The first-order valence-electron chi connectivity index (χ1n) is 5.81. The van der Waals surface area contributed by atoms with Crippen molar-refractivity contribution in [3.05, 3.63) is 70.8 Å². The van der Waals surface area contributed by atoms with Crippen LogP contribution in [0.3, 0.4) is 0 Å². The molecule has 2 aromatic rings. The predicted octanol–water partition coefficient (Wildman–Crippen LogP) is 5.38. The van der Waals surface area contributed by atoms with Gasteiger partial charge in [-0.3, -0.25) is 4.79 Å². The van der Waals surface area contributed by atoms with E-state index in [1.54, 1.807) is 36.0 Å². The van der Waals surface area contributed by atoms with Gasteiger partial charge < -0.3 is 0 Å². The van der Waals surface area contributed by atoms with E-state index in [9.17, 15) is 4.79 Å². The Labute approximate surface area is 134 Å². The van der Waals surface area contributed by atoms with Gasteiger partial charge in [0.2, 0.25) is 0 Å². The van der Waals surface area contributed by atoms with Crippen LogP contribution < -0.4 is 0 Å². The first-order chi connectivity index (χ1) is 9.19. The summed E-state index contributed by atoms with van der Waals surface area (Å²) in [5, 5.41) is 0.691. The van der Waals surface area contributed by atoms with Gasteiger partial charge in [0, 0.05) is 15.5 Å². The minimum absolute atomic E-state index is 0. The van der Waals surface area contributed by atoms with Crippen molar-refractivity contribution in [1.82, 2.24) is 0 Å². The van der Waals surface area contributed by atoms with Gasteiger partial charge in [0.1, 0.15) is 0 Å². The molecule has 0 radical (unpaired) electrons. The van der Waals surface area contributed by atoms with Crippen LogP contribution in [0.2, 0.25) is 5.02 Å². The van der Waals surface area contributed by atoms with E-state index in [1.807, 2.05) is 42.7 Å². The number of rotatable bonds is 4. The van der Waals surface area contributed by atoms with Crippen LogP contribution in [0.25, 0.3) is 6.08 Å². The van der Waals surface area contributed by atoms with E-state index < -0.39 is 0 Å². The Kier molecular flexibility index (Phi) is 6.86. The normalized spacial score (nSPS) is 10.3. The molecule has 1 nitrogen and oxygen atoms in total. The lowest BCUT2D eigenvalue weighted by Crippen LogP contribution is -1.93. The summed E-state index contributed by atoms with van der Waals surface area (Å²) in [6.07, 6.45) is 5.38. The van der Waals surface area contributed by atoms with Crippen LogP contribution in [0.15, 0.2) is 59.5 Å². The highest BCUT2D eigenvalue weighted by molar-refractivity contribution is 7.98. The van der Waals surface area contributed by atoms with Crippen molar-refractivity contribution in [3.8, 4) is 0 Å². The van der Waals surface area contributed by atoms with Crippen molar-refractivity contribution in [2.45, 2.75) is 4.90 Å². The average Bonchev–Trinajstić information content (AvgIpc) is 2.46. The number of thioether (sulfide) groups is 1. The molecule has 0 N–H and O–H groups in total. The second kappa shape index (κ2) is 8.15. The van der Waals surface area contributed by atoms with Crippen LogP contribution >= 0.6 is 35.8 Å². The lowest BCUT2D eigenvalue weighted by atomic mass is 10.1. The summed E-state index contributed by atoms with van der Waals surface area (Å²) in [5.74, 6) is 0.00241. The maximum Gasteiger partial charge on any atom is 0.185 e. The number of ketones is 1. The molecule has 0 aliphatic heterocycles. The van der Waals surface area contributed by atoms with Crippen molar-refractivity contribution >= 4 is 47.6 Å². The molecule has 0 amide bonds. The topological polar surface area (TPSA) is 17.1 Å². The van der Waals surface area contributed by atoms with Crippen LogP contribution in [0.1, 0.15) is 15.9 Å². The summed E-state index contributed by atoms with van der Waals surface area (Å²) < 4.78 is 0. The van der Waals surface area contributed by atoms with E-state index in [2.05, 4.69) is 0 Å². The molecule has 2 rings (SSSR count). The third-order valence-corrected chi connectivity index (χ3v) is 3.67. The minimum Gasteiger partial charge on any atom is -0.289 e. The van der Waals surface area contributed by atoms with Crippen molar-refractivity contribution in [3.63, 3.8) is 0 Å². The third-order valence-electron chi connectivity index (χ3n) is 2.67. The highest BCUT2D eigenvalue weighted by atomic mass is 35.5. The molecular formula is C16H14Cl2OS. The number of hydrogen-bond acceptors (Lipinski definition) is 2. The maximum absolute atomic E-state index is 12.0. The largest absolute Gasteiger partial charge is 0.289 e. The van der Waals surface area contributed by atoms with E-state index in [4.69, 9.17) is 11.6 Å². The quantitative estimate of drug-likeness (QED) is 0.426. The third kappa shape index (κ3) is 4.71. The Bertz CT molecular complexity index is 589. The van der Waals surface area contributed by atoms with E-state index in [0.717, 1.165) is 10.5 Å². The van der Waals surface area contributed by atoms with E-state index in [0.29, 0.717) is 10.6 Å². The van der Waals surface area contributed by atoms with Crippen molar-refractivity contribution in [2.75, 3.05) is 6.26 Å². The smallest absolute Gasteiger partial charge is 0.185 e. The van der Waals surface area contributed by atoms with Crippen LogP contribution in [0.4, 0.5) is 0 Å². The minimum atomic E-state index is 0. The number of halogens is 2. The van der Waals surface area contributed by atoms with E-state index in [1.165, 1.54) is 0 Å². The van der Waals surface area contributed by atoms with Gasteiger partial charge in [-0.25, -0.2) is 0 Å². The van der Waals surface area contributed by atoms with Crippen LogP contribution in [-0.2, 0) is 0 Å². The second-order valence-corrected chi connectivity index (χ2v) is 5.29. The molecule has 0 aromatic heterocycles. The van der Waals surface area contributed by atoms with Gasteiger partial charge >= 0.3 is 0 Å². The Morgan fingerprint density at radius 1 is 1.05 bits per heavy atom. The van der Waals surface area contributed by atoms with Gasteiger partial charge in [-0.2, -0.15) is 0 Å². The van der Waals surface area contributed by atoms with Crippen LogP contribution in [-0.4, -0.2) is 12.0 Å². The standard InChI is InChI=1S/C16H13ClOS.ClH/c1-19-15-9-5-13(6-10-15)16(18)11-4-12-2-7-14(17)8-3-12;/h2-11H,1H3;1H. The predicted molar refractivity (Wildman–Crippen MR) is 90.3 cm³/mol. The van der Waals surface area contributed by atoms with Gasteiger partial charge in [0.15, 0.2) is 5.78 Å². The zero-order valence-corrected chi connectivity index (χ0v) is 13.3. The van der Waals surface area contributed by atoms with Gasteiger partial charge in [0.05, 0.1) is 0 Å². The Balaban J connectivity index is 0.00000200. The molecule has 0 saturated heterocycles. The maximum atomic E-state index is 12.0. The fourth-order valence-electron chi connectivity index (χ4n) is 1.60. The number of allylic oxidation sites excluding steroid dienone is 1. The van der Waals surface area contributed by atoms with Crippen molar-refractivity contribution < 1.29 is 4.79 Å². The van der Waals surface area contributed by atoms with E-state index in [-0.39, 0.29) is 18.2 Å². The van der Waals surface area contributed by atoms with Crippen molar-refractivity contribution in [1.29, 1.82) is 0 Å². The summed E-state index contributed by atoms with van der Waals surface area (Å²) in [6.45, 7) is 0. The molecule has 2 aromatic carbocycles. The molecule has 0 aliphatic rings. The van der Waals surface area contributed by atoms with Gasteiger partial charge in [-0.1, -0.05) is 29.8 Å². The molecule has 4 heteroatoms. The van der Waals surface area contributed by atoms with Crippen molar-refractivity contribution in [2.24, 2.45) is 0 Å². The molecule has 0 heterocycles. The highest BCUT2D eigenvalue weighted by Crippen LogP contribution is 2.16. The first kappa shape index (κ1) is 16.8. The monoisotopic (exact) mass is 324 g/mol. The summed E-state index contributed by atoms with van der Waals surface area (Å²) in [7, 11) is 0. The van der Waals surface area contributed by atoms with Crippen LogP contribution in [0.5, 0.6) is 0 Å². The zero-order chi connectivity index (χ0) is 13.7. The van der Waals surface area contributed by atoms with Gasteiger partial charge in [-0.05, 0) is 54.3 Å². The average molecular weight is 325 g/mol. The number of carbonyl (C=O) groups is 1. The summed E-state index contributed by atoms with van der Waals surface area (Å²) >= 11 is 7.46. The number of carbonyl (C=O) groups excluding carboxylic acids is 1. The molecule has 0 aliphatic carbocycles. The fourth-order valence-corrected chi connectivity index (χ4v) is 2.13.